The number of oxime groups is 1. The van der Waals surface area contributed by atoms with Crippen molar-refractivity contribution >= 4 is 50.3 Å². The number of aromatic hydroxyl groups is 2. The molecule has 2 aromatic rings. The molecule has 1 aliphatic heterocycles. The molecule has 1 aliphatic rings. The molecule has 190 valence electrons. The lowest BCUT2D eigenvalue weighted by Gasteiger charge is -2.44. The van der Waals surface area contributed by atoms with Gasteiger partial charge in [0, 0.05) is 17.5 Å². The molecule has 0 bridgehead atoms. The zero-order chi connectivity index (χ0) is 26.3. The van der Waals surface area contributed by atoms with Crippen LogP contribution in [0.2, 0.25) is 0 Å². The van der Waals surface area contributed by atoms with Gasteiger partial charge in [-0.15, -0.1) is 11.3 Å². The maximum atomic E-state index is 13.0. The highest BCUT2D eigenvalue weighted by atomic mass is 32.2. The Kier molecular flexibility index (Phi) is 6.64. The van der Waals surface area contributed by atoms with E-state index < -0.39 is 69.8 Å². The Balaban J connectivity index is 1.92. The van der Waals surface area contributed by atoms with E-state index in [1.54, 1.807) is 0 Å². The standard InChI is InChI=1S/C17H20N6O10S2/c1-17(2,15(28)29)33-21-11(7-6-34-16(18)19-7)13(26)20-12-8(23(14(12)27)35(30,31)32)5-22-9(24)3-4-10(22)25/h3-4,6,8,12,24-25H,5H2,1-2H3,(H2,18,19)(H,20,26)(H,28,29)(H,30,31,32). The van der Waals surface area contributed by atoms with Crippen LogP contribution in [0.15, 0.2) is 22.7 Å². The molecule has 0 aromatic carbocycles. The van der Waals surface area contributed by atoms with Gasteiger partial charge in [0.25, 0.3) is 11.8 Å². The van der Waals surface area contributed by atoms with Crippen LogP contribution in [0.25, 0.3) is 0 Å². The van der Waals surface area contributed by atoms with Crippen molar-refractivity contribution in [2.45, 2.75) is 38.1 Å². The van der Waals surface area contributed by atoms with Gasteiger partial charge >= 0.3 is 16.3 Å². The quantitative estimate of drug-likeness (QED) is 0.0956. The van der Waals surface area contributed by atoms with E-state index in [1.165, 1.54) is 5.38 Å². The Morgan fingerprint density at radius 2 is 1.91 bits per heavy atom. The van der Waals surface area contributed by atoms with E-state index in [1.807, 2.05) is 0 Å². The van der Waals surface area contributed by atoms with E-state index in [-0.39, 0.29) is 15.1 Å². The molecule has 2 unspecified atom stereocenters. The number of nitrogens with two attached hydrogens (primary N) is 1. The molecule has 1 saturated heterocycles. The molecule has 0 radical (unpaired) electrons. The number of carbonyl (C=O) groups excluding carboxylic acids is 2. The zero-order valence-electron chi connectivity index (χ0n) is 18.0. The van der Waals surface area contributed by atoms with Gasteiger partial charge in [-0.1, -0.05) is 5.16 Å². The predicted molar refractivity (Wildman–Crippen MR) is 118 cm³/mol. The van der Waals surface area contributed by atoms with Crippen LogP contribution >= 0.6 is 11.3 Å². The zero-order valence-corrected chi connectivity index (χ0v) is 19.6. The average Bonchev–Trinajstić information content (AvgIpc) is 3.30. The number of carboxylic acids is 1. The van der Waals surface area contributed by atoms with Crippen LogP contribution in [0.1, 0.15) is 19.5 Å². The van der Waals surface area contributed by atoms with E-state index >= 15 is 0 Å². The molecule has 2 amide bonds. The first-order valence-corrected chi connectivity index (χ1v) is 11.8. The Bertz CT molecular complexity index is 1290. The lowest BCUT2D eigenvalue weighted by molar-refractivity contribution is -0.161. The minimum absolute atomic E-state index is 0.0340. The van der Waals surface area contributed by atoms with Gasteiger partial charge in [-0.3, -0.25) is 18.7 Å². The molecule has 0 saturated carbocycles. The molecule has 0 aliphatic carbocycles. The third kappa shape index (κ3) is 5.12. The van der Waals surface area contributed by atoms with Gasteiger partial charge < -0.3 is 31.2 Å². The normalized spacial score (nSPS) is 18.8. The minimum atomic E-state index is -5.06. The highest BCUT2D eigenvalue weighted by Gasteiger charge is 2.54. The summed E-state index contributed by atoms with van der Waals surface area (Å²) in [7, 11) is -5.06. The van der Waals surface area contributed by atoms with Gasteiger partial charge in [0.05, 0.1) is 12.6 Å². The summed E-state index contributed by atoms with van der Waals surface area (Å²) >= 11 is 0.927. The first-order valence-electron chi connectivity index (χ1n) is 9.53. The number of thiazole rings is 1. The second kappa shape index (κ2) is 9.04. The molecule has 0 spiro atoms. The van der Waals surface area contributed by atoms with Crippen molar-refractivity contribution in [3.63, 3.8) is 0 Å². The maximum absolute atomic E-state index is 13.0. The van der Waals surface area contributed by atoms with Crippen LogP contribution in [0.5, 0.6) is 11.8 Å². The fourth-order valence-electron chi connectivity index (χ4n) is 2.97. The topological polar surface area (TPSA) is 247 Å². The molecule has 18 heteroatoms. The molecule has 35 heavy (non-hydrogen) atoms. The summed E-state index contributed by atoms with van der Waals surface area (Å²) in [5, 5.41) is 36.0. The fourth-order valence-corrected chi connectivity index (χ4v) is 4.39. The third-order valence-electron chi connectivity index (χ3n) is 4.87. The van der Waals surface area contributed by atoms with E-state index in [4.69, 9.17) is 10.6 Å². The van der Waals surface area contributed by atoms with Crippen LogP contribution < -0.4 is 11.1 Å². The number of rotatable bonds is 9. The third-order valence-corrected chi connectivity index (χ3v) is 6.49. The highest BCUT2D eigenvalue weighted by molar-refractivity contribution is 7.84. The molecule has 3 heterocycles. The number of aromatic nitrogens is 2. The van der Waals surface area contributed by atoms with E-state index in [0.29, 0.717) is 0 Å². The minimum Gasteiger partial charge on any atom is -0.494 e. The van der Waals surface area contributed by atoms with Crippen molar-refractivity contribution in [2.75, 3.05) is 5.73 Å². The number of hydrogen-bond donors (Lipinski definition) is 6. The molecule has 1 fully saturated rings. The van der Waals surface area contributed by atoms with E-state index in [2.05, 4.69) is 15.5 Å². The van der Waals surface area contributed by atoms with Gasteiger partial charge in [-0.25, -0.2) is 14.1 Å². The number of carboxylic acid groups (broad SMARTS) is 1. The Hall–Kier alpha value is -3.90. The van der Waals surface area contributed by atoms with E-state index in [0.717, 1.165) is 41.9 Å². The number of nitrogens with zero attached hydrogens (tertiary/aromatic N) is 4. The fraction of sp³-hybridized carbons (Fsp3) is 0.353. The summed E-state index contributed by atoms with van der Waals surface area (Å²) in [4.78, 5) is 45.6. The number of anilines is 1. The summed E-state index contributed by atoms with van der Waals surface area (Å²) in [5.74, 6) is -4.70. The lowest BCUT2D eigenvalue weighted by atomic mass is 9.98. The number of nitrogen functional groups attached to an aromatic ring is 1. The van der Waals surface area contributed by atoms with Gasteiger partial charge in [-0.2, -0.15) is 8.42 Å². The van der Waals surface area contributed by atoms with Gasteiger partial charge in [0.2, 0.25) is 5.60 Å². The van der Waals surface area contributed by atoms with Crippen molar-refractivity contribution in [3.8, 4) is 11.8 Å². The second-order valence-electron chi connectivity index (χ2n) is 7.71. The molecule has 3 rings (SSSR count). The number of β-lactam (4-membered cyclic amide) rings is 1. The summed E-state index contributed by atoms with van der Waals surface area (Å²) in [6.07, 6.45) is 0. The van der Waals surface area contributed by atoms with Crippen LogP contribution in [0.3, 0.4) is 0 Å². The lowest BCUT2D eigenvalue weighted by Crippen LogP contribution is -2.73. The van der Waals surface area contributed by atoms with Crippen LogP contribution in [-0.2, 0) is 36.1 Å². The Labute approximate surface area is 201 Å². The van der Waals surface area contributed by atoms with Crippen LogP contribution in [0.4, 0.5) is 5.13 Å². The molecule has 16 nitrogen and oxygen atoms in total. The van der Waals surface area contributed by atoms with Crippen molar-refractivity contribution in [1.29, 1.82) is 0 Å². The number of nitrogens with one attached hydrogen (secondary N) is 1. The molecule has 7 N–H and O–H groups in total. The summed E-state index contributed by atoms with van der Waals surface area (Å²) < 4.78 is 33.7. The Morgan fingerprint density at radius 1 is 1.31 bits per heavy atom. The molecular weight excluding hydrogens is 512 g/mol. The molecule has 2 aromatic heterocycles. The first-order chi connectivity index (χ1) is 16.1. The van der Waals surface area contributed by atoms with Crippen molar-refractivity contribution in [2.24, 2.45) is 5.16 Å². The number of carbonyl (C=O) groups is 3. The number of aliphatic carboxylic acids is 1. The molecular formula is C17H20N6O10S2. The largest absolute Gasteiger partial charge is 0.494 e. The monoisotopic (exact) mass is 532 g/mol. The van der Waals surface area contributed by atoms with Crippen molar-refractivity contribution in [1.82, 2.24) is 19.2 Å². The first kappa shape index (κ1) is 25.7. The second-order valence-corrected chi connectivity index (χ2v) is 9.89. The van der Waals surface area contributed by atoms with E-state index in [9.17, 15) is 42.7 Å². The van der Waals surface area contributed by atoms with Gasteiger partial charge in [-0.05, 0) is 13.8 Å². The molecule has 2 atom stereocenters. The van der Waals surface area contributed by atoms with Gasteiger partial charge in [0.1, 0.15) is 11.7 Å². The number of hydrogen-bond acceptors (Lipinski definition) is 12. The average molecular weight is 533 g/mol. The highest BCUT2D eigenvalue weighted by Crippen LogP contribution is 2.30. The SMILES string of the molecule is CC(C)(ON=C(C(=O)NC1C(=O)N(S(=O)(=O)O)C1Cn1c(O)ccc1O)c1csc(N)n1)C(=O)O. The Morgan fingerprint density at radius 3 is 2.40 bits per heavy atom. The predicted octanol–water partition coefficient (Wildman–Crippen LogP) is -1.28. The van der Waals surface area contributed by atoms with Crippen molar-refractivity contribution in [3.05, 3.63) is 23.2 Å². The summed E-state index contributed by atoms with van der Waals surface area (Å²) in [6.45, 7) is 1.78. The number of amides is 2. The van der Waals surface area contributed by atoms with Crippen molar-refractivity contribution < 1.29 is 47.5 Å². The smallest absolute Gasteiger partial charge is 0.362 e. The summed E-state index contributed by atoms with van der Waals surface area (Å²) in [6, 6.07) is -0.844. The van der Waals surface area contributed by atoms with Gasteiger partial charge in [0.15, 0.2) is 22.6 Å². The van der Waals surface area contributed by atoms with Crippen LogP contribution in [0, 0.1) is 0 Å². The maximum Gasteiger partial charge on any atom is 0.362 e. The van der Waals surface area contributed by atoms with Crippen LogP contribution in [-0.4, -0.2) is 83.3 Å². The summed E-state index contributed by atoms with van der Waals surface area (Å²) in [5.41, 5.74) is 3.03.